The molecule has 4 N–H and O–H groups in total. The zero-order chi connectivity index (χ0) is 10.6. The Morgan fingerprint density at radius 2 is 2.07 bits per heavy atom. The Kier molecular flexibility index (Phi) is 3.89. The molecule has 0 aromatic heterocycles. The monoisotopic (exact) mass is 200 g/mol. The van der Waals surface area contributed by atoms with Crippen LogP contribution in [-0.4, -0.2) is 24.7 Å². The summed E-state index contributed by atoms with van der Waals surface area (Å²) in [5.74, 6) is -0.539. The number of amides is 1. The van der Waals surface area contributed by atoms with Gasteiger partial charge in [0.25, 0.3) is 0 Å². The molecule has 1 aliphatic rings. The highest BCUT2D eigenvalue weighted by Crippen LogP contribution is 2.27. The average Bonchev–Trinajstić information content (AvgIpc) is 2.52. The largest absolute Gasteiger partial charge is 0.379 e. The summed E-state index contributed by atoms with van der Waals surface area (Å²) in [5.41, 5.74) is 11.0. The number of primary amides is 1. The van der Waals surface area contributed by atoms with Gasteiger partial charge in [0.05, 0.1) is 19.1 Å². The van der Waals surface area contributed by atoms with Crippen LogP contribution >= 0.6 is 0 Å². The van der Waals surface area contributed by atoms with Crippen molar-refractivity contribution < 1.29 is 9.53 Å². The number of carbonyl (C=O) groups excluding carboxylic acids is 1. The van der Waals surface area contributed by atoms with Crippen molar-refractivity contribution >= 4 is 5.91 Å². The highest BCUT2D eigenvalue weighted by atomic mass is 16.5. The van der Waals surface area contributed by atoms with Crippen LogP contribution in [0.3, 0.4) is 0 Å². The lowest BCUT2D eigenvalue weighted by Crippen LogP contribution is -2.42. The first kappa shape index (κ1) is 11.5. The molecule has 14 heavy (non-hydrogen) atoms. The molecule has 4 nitrogen and oxygen atoms in total. The number of nitrogens with two attached hydrogens (primary N) is 2. The fourth-order valence-corrected chi connectivity index (χ4v) is 1.74. The molecule has 0 spiro atoms. The van der Waals surface area contributed by atoms with Crippen molar-refractivity contribution in [2.45, 2.75) is 38.1 Å². The summed E-state index contributed by atoms with van der Waals surface area (Å²) in [5, 5.41) is 0. The zero-order valence-electron chi connectivity index (χ0n) is 8.79. The quantitative estimate of drug-likeness (QED) is 0.674. The van der Waals surface area contributed by atoms with Gasteiger partial charge in [0.2, 0.25) is 5.91 Å². The maximum Gasteiger partial charge on any atom is 0.222 e. The van der Waals surface area contributed by atoms with Crippen LogP contribution in [0.15, 0.2) is 0 Å². The minimum atomic E-state index is -0.317. The summed E-state index contributed by atoms with van der Waals surface area (Å²) in [6.07, 6.45) is 4.42. The van der Waals surface area contributed by atoms with Gasteiger partial charge in [-0.05, 0) is 12.8 Å². The smallest absolute Gasteiger partial charge is 0.222 e. The molecule has 4 heteroatoms. The second-order valence-electron chi connectivity index (χ2n) is 4.39. The molecule has 1 atom stereocenters. The van der Waals surface area contributed by atoms with Crippen molar-refractivity contribution in [2.75, 3.05) is 13.2 Å². The Balaban J connectivity index is 2.17. The Labute approximate surface area is 85.0 Å². The Morgan fingerprint density at radius 3 is 2.57 bits per heavy atom. The predicted octanol–water partition coefficient (Wildman–Crippen LogP) is 0.396. The van der Waals surface area contributed by atoms with E-state index in [0.29, 0.717) is 13.2 Å². The van der Waals surface area contributed by atoms with Gasteiger partial charge >= 0.3 is 0 Å². The van der Waals surface area contributed by atoms with Crippen LogP contribution < -0.4 is 11.5 Å². The Hall–Kier alpha value is -0.610. The topological polar surface area (TPSA) is 78.3 Å². The van der Waals surface area contributed by atoms with Crippen LogP contribution in [0, 0.1) is 5.92 Å². The van der Waals surface area contributed by atoms with Gasteiger partial charge in [-0.15, -0.1) is 0 Å². The van der Waals surface area contributed by atoms with Crippen LogP contribution in [0.5, 0.6) is 0 Å². The molecule has 0 aromatic rings. The first-order valence-electron chi connectivity index (χ1n) is 5.19. The van der Waals surface area contributed by atoms with Gasteiger partial charge in [-0.3, -0.25) is 4.79 Å². The van der Waals surface area contributed by atoms with Gasteiger partial charge in [0.1, 0.15) is 0 Å². The summed E-state index contributed by atoms with van der Waals surface area (Å²) in [6.45, 7) is 2.69. The highest BCUT2D eigenvalue weighted by molar-refractivity contribution is 5.76. The molecule has 0 radical (unpaired) electrons. The van der Waals surface area contributed by atoms with Gasteiger partial charge < -0.3 is 16.2 Å². The molecule has 0 bridgehead atoms. The first-order chi connectivity index (χ1) is 6.53. The van der Waals surface area contributed by atoms with E-state index in [9.17, 15) is 4.79 Å². The van der Waals surface area contributed by atoms with Crippen molar-refractivity contribution in [3.05, 3.63) is 0 Å². The molecule has 0 aliphatic heterocycles. The summed E-state index contributed by atoms with van der Waals surface area (Å²) < 4.78 is 5.42. The van der Waals surface area contributed by atoms with Gasteiger partial charge in [-0.25, -0.2) is 0 Å². The third kappa shape index (κ3) is 3.27. The second-order valence-corrected chi connectivity index (χ2v) is 4.39. The summed E-state index contributed by atoms with van der Waals surface area (Å²) in [7, 11) is 0. The SMILES string of the molecule is CC(COCC1(N)CCCC1)C(N)=O. The van der Waals surface area contributed by atoms with Crippen LogP contribution in [0.25, 0.3) is 0 Å². The lowest BCUT2D eigenvalue weighted by molar-refractivity contribution is -0.123. The van der Waals surface area contributed by atoms with Crippen molar-refractivity contribution in [1.82, 2.24) is 0 Å². The van der Waals surface area contributed by atoms with Gasteiger partial charge in [0.15, 0.2) is 0 Å². The zero-order valence-corrected chi connectivity index (χ0v) is 8.79. The molecule has 0 aromatic carbocycles. The third-order valence-corrected chi connectivity index (χ3v) is 2.84. The van der Waals surface area contributed by atoms with E-state index in [4.69, 9.17) is 16.2 Å². The van der Waals surface area contributed by atoms with E-state index in [1.165, 1.54) is 12.8 Å². The number of hydrogen-bond acceptors (Lipinski definition) is 3. The van der Waals surface area contributed by atoms with Crippen molar-refractivity contribution in [3.63, 3.8) is 0 Å². The lowest BCUT2D eigenvalue weighted by Gasteiger charge is -2.23. The molecule has 1 saturated carbocycles. The fourth-order valence-electron chi connectivity index (χ4n) is 1.74. The number of ether oxygens (including phenoxy) is 1. The van der Waals surface area contributed by atoms with E-state index < -0.39 is 0 Å². The van der Waals surface area contributed by atoms with Crippen LogP contribution in [0.1, 0.15) is 32.6 Å². The van der Waals surface area contributed by atoms with E-state index in [0.717, 1.165) is 12.8 Å². The van der Waals surface area contributed by atoms with E-state index >= 15 is 0 Å². The van der Waals surface area contributed by atoms with Crippen molar-refractivity contribution in [3.8, 4) is 0 Å². The predicted molar refractivity (Wildman–Crippen MR) is 54.6 cm³/mol. The van der Waals surface area contributed by atoms with Crippen LogP contribution in [0.4, 0.5) is 0 Å². The Morgan fingerprint density at radius 1 is 1.50 bits per heavy atom. The molecule has 0 saturated heterocycles. The standard InChI is InChI=1S/C10H20N2O2/c1-8(9(11)13)6-14-7-10(12)4-2-3-5-10/h8H,2-7,12H2,1H3,(H2,11,13). The Bertz CT molecular complexity index is 200. The molecule has 82 valence electrons. The number of hydrogen-bond donors (Lipinski definition) is 2. The molecule has 0 heterocycles. The first-order valence-corrected chi connectivity index (χ1v) is 5.19. The van der Waals surface area contributed by atoms with Gasteiger partial charge in [-0.2, -0.15) is 0 Å². The minimum Gasteiger partial charge on any atom is -0.379 e. The van der Waals surface area contributed by atoms with Gasteiger partial charge in [-0.1, -0.05) is 19.8 Å². The number of rotatable bonds is 5. The molecule has 1 unspecified atom stereocenters. The molecule has 1 rings (SSSR count). The van der Waals surface area contributed by atoms with Crippen LogP contribution in [0.2, 0.25) is 0 Å². The molecular weight excluding hydrogens is 180 g/mol. The van der Waals surface area contributed by atoms with E-state index in [1.54, 1.807) is 6.92 Å². The summed E-state index contributed by atoms with van der Waals surface area (Å²) >= 11 is 0. The van der Waals surface area contributed by atoms with E-state index in [-0.39, 0.29) is 17.4 Å². The fraction of sp³-hybridized carbons (Fsp3) is 0.900. The van der Waals surface area contributed by atoms with Crippen LogP contribution in [-0.2, 0) is 9.53 Å². The maximum absolute atomic E-state index is 10.7. The lowest BCUT2D eigenvalue weighted by atomic mass is 10.0. The number of carbonyl (C=O) groups is 1. The summed E-state index contributed by atoms with van der Waals surface area (Å²) in [6, 6.07) is 0. The van der Waals surface area contributed by atoms with Crippen molar-refractivity contribution in [2.24, 2.45) is 17.4 Å². The molecule has 1 aliphatic carbocycles. The average molecular weight is 200 g/mol. The molecular formula is C10H20N2O2. The van der Waals surface area contributed by atoms with Gasteiger partial charge in [0, 0.05) is 5.54 Å². The highest BCUT2D eigenvalue weighted by Gasteiger charge is 2.29. The third-order valence-electron chi connectivity index (χ3n) is 2.84. The molecule has 1 amide bonds. The molecule has 1 fully saturated rings. The van der Waals surface area contributed by atoms with E-state index in [1.807, 2.05) is 0 Å². The normalized spacial score (nSPS) is 22.1. The second kappa shape index (κ2) is 4.75. The van der Waals surface area contributed by atoms with Crippen molar-refractivity contribution in [1.29, 1.82) is 0 Å². The van der Waals surface area contributed by atoms with E-state index in [2.05, 4.69) is 0 Å². The summed E-state index contributed by atoms with van der Waals surface area (Å²) in [4.78, 5) is 10.7. The maximum atomic E-state index is 10.7. The minimum absolute atomic E-state index is 0.155.